The third-order valence-corrected chi connectivity index (χ3v) is 6.32. The molecule has 3 aromatic rings. The van der Waals surface area contributed by atoms with Gasteiger partial charge < -0.3 is 14.2 Å². The quantitative estimate of drug-likeness (QED) is 0.444. The molecule has 1 aliphatic rings. The van der Waals surface area contributed by atoms with Crippen molar-refractivity contribution in [3.05, 3.63) is 58.9 Å². The number of methoxy groups -OCH3 is 1. The van der Waals surface area contributed by atoms with Gasteiger partial charge in [0.15, 0.2) is 5.16 Å². The van der Waals surface area contributed by atoms with Crippen molar-refractivity contribution in [3.63, 3.8) is 0 Å². The molecule has 4 rings (SSSR count). The molecule has 0 bridgehead atoms. The molecule has 1 fully saturated rings. The van der Waals surface area contributed by atoms with Crippen LogP contribution in [0.1, 0.15) is 18.4 Å². The number of benzene rings is 2. The molecule has 158 valence electrons. The molecule has 1 saturated carbocycles. The number of ether oxygens (including phenoxy) is 1. The van der Waals surface area contributed by atoms with E-state index in [4.69, 9.17) is 16.3 Å². The molecule has 30 heavy (non-hydrogen) atoms. The first-order valence-corrected chi connectivity index (χ1v) is 11.2. The van der Waals surface area contributed by atoms with Crippen LogP contribution in [-0.4, -0.2) is 45.9 Å². The second kappa shape index (κ2) is 9.37. The molecule has 1 heterocycles. The van der Waals surface area contributed by atoms with Crippen LogP contribution >= 0.6 is 23.4 Å². The zero-order valence-electron chi connectivity index (χ0n) is 16.7. The first-order chi connectivity index (χ1) is 14.6. The zero-order chi connectivity index (χ0) is 21.1. The molecule has 0 aliphatic heterocycles. The summed E-state index contributed by atoms with van der Waals surface area (Å²) in [6, 6.07) is 12.4. The van der Waals surface area contributed by atoms with Gasteiger partial charge in [-0.3, -0.25) is 4.79 Å². The van der Waals surface area contributed by atoms with Crippen LogP contribution in [0.5, 0.6) is 0 Å². The van der Waals surface area contributed by atoms with Crippen molar-refractivity contribution in [1.82, 2.24) is 14.5 Å². The SMILES string of the molecule is COCCn1c(SCC(=O)N(Cc2ccccc2F)C2CC2)nc2cc(Cl)ccc21. The molecule has 1 amide bonds. The lowest BCUT2D eigenvalue weighted by Gasteiger charge is -2.22. The van der Waals surface area contributed by atoms with Gasteiger partial charge in [-0.15, -0.1) is 0 Å². The van der Waals surface area contributed by atoms with Crippen molar-refractivity contribution in [2.75, 3.05) is 19.5 Å². The predicted octanol–water partition coefficient (Wildman–Crippen LogP) is 4.76. The maximum absolute atomic E-state index is 14.1. The Labute approximate surface area is 184 Å². The summed E-state index contributed by atoms with van der Waals surface area (Å²) in [4.78, 5) is 19.5. The summed E-state index contributed by atoms with van der Waals surface area (Å²) in [6.07, 6.45) is 1.94. The molecule has 0 saturated heterocycles. The van der Waals surface area contributed by atoms with E-state index in [-0.39, 0.29) is 23.5 Å². The highest BCUT2D eigenvalue weighted by molar-refractivity contribution is 7.99. The molecule has 1 aliphatic carbocycles. The van der Waals surface area contributed by atoms with Crippen molar-refractivity contribution >= 4 is 40.3 Å². The maximum Gasteiger partial charge on any atom is 0.233 e. The minimum atomic E-state index is -0.276. The summed E-state index contributed by atoms with van der Waals surface area (Å²) in [5, 5.41) is 1.37. The van der Waals surface area contributed by atoms with Gasteiger partial charge in [-0.1, -0.05) is 41.6 Å². The van der Waals surface area contributed by atoms with Gasteiger partial charge in [-0.25, -0.2) is 9.37 Å². The lowest BCUT2D eigenvalue weighted by Crippen LogP contribution is -2.34. The van der Waals surface area contributed by atoms with E-state index in [0.717, 1.165) is 29.0 Å². The second-order valence-electron chi connectivity index (χ2n) is 7.30. The summed E-state index contributed by atoms with van der Waals surface area (Å²) >= 11 is 7.51. The number of hydrogen-bond acceptors (Lipinski definition) is 4. The van der Waals surface area contributed by atoms with E-state index in [9.17, 15) is 9.18 Å². The first-order valence-electron chi connectivity index (χ1n) is 9.87. The number of halogens is 2. The van der Waals surface area contributed by atoms with Crippen LogP contribution in [0.4, 0.5) is 4.39 Å². The Balaban J connectivity index is 1.50. The number of nitrogens with zero attached hydrogens (tertiary/aromatic N) is 3. The molecule has 0 unspecified atom stereocenters. The molecule has 0 N–H and O–H groups in total. The maximum atomic E-state index is 14.1. The first kappa shape index (κ1) is 21.2. The van der Waals surface area contributed by atoms with E-state index in [2.05, 4.69) is 4.98 Å². The third kappa shape index (κ3) is 4.79. The molecule has 0 radical (unpaired) electrons. The van der Waals surface area contributed by atoms with Gasteiger partial charge in [0.1, 0.15) is 5.82 Å². The Hall–Kier alpha value is -2.09. The summed E-state index contributed by atoms with van der Waals surface area (Å²) in [5.41, 5.74) is 2.29. The molecular weight excluding hydrogens is 425 g/mol. The van der Waals surface area contributed by atoms with Gasteiger partial charge in [0.2, 0.25) is 5.91 Å². The van der Waals surface area contributed by atoms with Gasteiger partial charge in [-0.2, -0.15) is 0 Å². The van der Waals surface area contributed by atoms with Gasteiger partial charge in [0.25, 0.3) is 0 Å². The number of imidazole rings is 1. The lowest BCUT2D eigenvalue weighted by molar-refractivity contribution is -0.129. The number of aromatic nitrogens is 2. The fraction of sp³-hybridized carbons (Fsp3) is 0.364. The van der Waals surface area contributed by atoms with E-state index in [0.29, 0.717) is 30.3 Å². The number of carbonyl (C=O) groups excluding carboxylic acids is 1. The average molecular weight is 448 g/mol. The van der Waals surface area contributed by atoms with Crippen molar-refractivity contribution in [1.29, 1.82) is 0 Å². The van der Waals surface area contributed by atoms with Crippen LogP contribution in [0.25, 0.3) is 11.0 Å². The summed E-state index contributed by atoms with van der Waals surface area (Å²) < 4.78 is 21.4. The molecule has 0 spiro atoms. The van der Waals surface area contributed by atoms with Gasteiger partial charge in [-0.05, 0) is 37.1 Å². The Bertz CT molecular complexity index is 1050. The Morgan fingerprint density at radius 3 is 2.87 bits per heavy atom. The molecule has 5 nitrogen and oxygen atoms in total. The van der Waals surface area contributed by atoms with Crippen LogP contribution < -0.4 is 0 Å². The van der Waals surface area contributed by atoms with Gasteiger partial charge in [0, 0.05) is 36.8 Å². The monoisotopic (exact) mass is 447 g/mol. The number of hydrogen-bond donors (Lipinski definition) is 0. The smallest absolute Gasteiger partial charge is 0.233 e. The van der Waals surface area contributed by atoms with Crippen molar-refractivity contribution in [3.8, 4) is 0 Å². The lowest BCUT2D eigenvalue weighted by atomic mass is 10.2. The van der Waals surface area contributed by atoms with Gasteiger partial charge >= 0.3 is 0 Å². The van der Waals surface area contributed by atoms with E-state index in [1.165, 1.54) is 17.8 Å². The topological polar surface area (TPSA) is 47.4 Å². The molecule has 8 heteroatoms. The summed E-state index contributed by atoms with van der Waals surface area (Å²) in [7, 11) is 1.66. The standard InChI is InChI=1S/C22H23ClFN3O2S/c1-29-11-10-26-20-9-6-16(23)12-19(20)25-22(26)30-14-21(28)27(17-7-8-17)13-15-4-2-3-5-18(15)24/h2-6,9,12,17H,7-8,10-11,13-14H2,1H3. The number of fused-ring (bicyclic) bond motifs is 1. The van der Waals surface area contributed by atoms with Crippen LogP contribution in [0.3, 0.4) is 0 Å². The molecule has 2 aromatic carbocycles. The van der Waals surface area contributed by atoms with Crippen molar-refractivity contribution < 1.29 is 13.9 Å². The Kier molecular flexibility index (Phi) is 6.61. The second-order valence-corrected chi connectivity index (χ2v) is 8.68. The van der Waals surface area contributed by atoms with E-state index < -0.39 is 0 Å². The van der Waals surface area contributed by atoms with E-state index in [1.807, 2.05) is 22.8 Å². The van der Waals surface area contributed by atoms with E-state index >= 15 is 0 Å². The fourth-order valence-electron chi connectivity index (χ4n) is 3.42. The highest BCUT2D eigenvalue weighted by Gasteiger charge is 2.33. The van der Waals surface area contributed by atoms with Crippen LogP contribution in [0.2, 0.25) is 5.02 Å². The Morgan fingerprint density at radius 1 is 1.33 bits per heavy atom. The number of rotatable bonds is 9. The minimum absolute atomic E-state index is 0.00543. The summed E-state index contributed by atoms with van der Waals surface area (Å²) in [6.45, 7) is 1.47. The zero-order valence-corrected chi connectivity index (χ0v) is 18.3. The molecule has 1 aromatic heterocycles. The summed E-state index contributed by atoms with van der Waals surface area (Å²) in [5.74, 6) is -0.0365. The molecular formula is C22H23ClFN3O2S. The molecule has 0 atom stereocenters. The number of thioether (sulfide) groups is 1. The predicted molar refractivity (Wildman–Crippen MR) is 117 cm³/mol. The largest absolute Gasteiger partial charge is 0.383 e. The highest BCUT2D eigenvalue weighted by atomic mass is 35.5. The van der Waals surface area contributed by atoms with Crippen molar-refractivity contribution in [2.45, 2.75) is 37.1 Å². The van der Waals surface area contributed by atoms with Crippen LogP contribution in [0, 0.1) is 5.82 Å². The third-order valence-electron chi connectivity index (χ3n) is 5.13. The normalized spacial score (nSPS) is 13.7. The van der Waals surface area contributed by atoms with Crippen molar-refractivity contribution in [2.24, 2.45) is 0 Å². The van der Waals surface area contributed by atoms with Gasteiger partial charge in [0.05, 0.1) is 23.4 Å². The van der Waals surface area contributed by atoms with Crippen LogP contribution in [0.15, 0.2) is 47.6 Å². The number of carbonyl (C=O) groups is 1. The fourth-order valence-corrected chi connectivity index (χ4v) is 4.51. The highest BCUT2D eigenvalue weighted by Crippen LogP contribution is 2.31. The Morgan fingerprint density at radius 2 is 2.13 bits per heavy atom. The average Bonchev–Trinajstić information content (AvgIpc) is 3.51. The van der Waals surface area contributed by atoms with E-state index in [1.54, 1.807) is 30.2 Å². The minimum Gasteiger partial charge on any atom is -0.383 e. The number of amides is 1. The van der Waals surface area contributed by atoms with Crippen LogP contribution in [-0.2, 0) is 22.6 Å².